The van der Waals surface area contributed by atoms with Gasteiger partial charge in [0.2, 0.25) is 11.8 Å². The number of amides is 2. The highest BCUT2D eigenvalue weighted by molar-refractivity contribution is 5.88. The number of nitrogens with one attached hydrogen (secondary N) is 1. The minimum Gasteiger partial charge on any atom is -0.461 e. The van der Waals surface area contributed by atoms with Crippen molar-refractivity contribution in [1.82, 2.24) is 10.2 Å². The molecule has 2 aliphatic rings. The van der Waals surface area contributed by atoms with Gasteiger partial charge in [0.1, 0.15) is 6.61 Å². The minimum absolute atomic E-state index is 0.114. The molecule has 0 spiro atoms. The monoisotopic (exact) mass is 573 g/mol. The maximum atomic E-state index is 12.8. The molecule has 3 aromatic rings. The number of benzene rings is 3. The van der Waals surface area contributed by atoms with Crippen LogP contribution in [-0.4, -0.2) is 61.5 Å². The van der Waals surface area contributed by atoms with Crippen LogP contribution < -0.4 is 25.6 Å². The van der Waals surface area contributed by atoms with Gasteiger partial charge in [-0.15, -0.1) is 5.90 Å². The topological polar surface area (TPSA) is 145 Å². The third kappa shape index (κ3) is 7.55. The lowest BCUT2D eigenvalue weighted by Crippen LogP contribution is -2.54. The summed E-state index contributed by atoms with van der Waals surface area (Å²) in [6.07, 6.45) is 1.16. The van der Waals surface area contributed by atoms with E-state index in [1.807, 2.05) is 65.6 Å². The first-order valence-electron chi connectivity index (χ1n) is 13.4. The van der Waals surface area contributed by atoms with E-state index >= 15 is 0 Å². The molecule has 1 atom stereocenters. The van der Waals surface area contributed by atoms with Gasteiger partial charge in [-0.2, -0.15) is 0 Å². The maximum absolute atomic E-state index is 12.8. The van der Waals surface area contributed by atoms with Gasteiger partial charge in [-0.05, 0) is 47.4 Å². The predicted molar refractivity (Wildman–Crippen MR) is 152 cm³/mol. The Balaban J connectivity index is 1.04. The average molecular weight is 574 g/mol. The number of nitrogens with two attached hydrogens (primary N) is 1. The van der Waals surface area contributed by atoms with Crippen molar-refractivity contribution in [2.45, 2.75) is 25.9 Å². The fourth-order valence-electron chi connectivity index (χ4n) is 4.58. The number of ether oxygens (including phenoxy) is 3. The quantitative estimate of drug-likeness (QED) is 0.200. The number of oxime groups is 1. The summed E-state index contributed by atoms with van der Waals surface area (Å²) in [6, 6.07) is 22.3. The van der Waals surface area contributed by atoms with Gasteiger partial charge in [0.25, 0.3) is 0 Å². The van der Waals surface area contributed by atoms with E-state index in [0.29, 0.717) is 31.0 Å². The summed E-state index contributed by atoms with van der Waals surface area (Å²) < 4.78 is 16.8. The highest BCUT2D eigenvalue weighted by atomic mass is 16.7. The Labute approximate surface area is 242 Å². The molecule has 5 rings (SSSR count). The SMILES string of the molecule is NO/N=C/c1ccc(N2CCN(CC(=O)NC3Oc4ccc(CCC(=O)OCc5ccccc5)cc4O3)C(=O)C2)cc1. The molecular formula is C30H31N5O7. The van der Waals surface area contributed by atoms with Crippen molar-refractivity contribution in [1.29, 1.82) is 0 Å². The Kier molecular flexibility index (Phi) is 9.14. The number of rotatable bonds is 11. The van der Waals surface area contributed by atoms with Gasteiger partial charge in [-0.25, -0.2) is 0 Å². The molecule has 0 saturated carbocycles. The molecule has 0 aliphatic carbocycles. The first-order valence-corrected chi connectivity index (χ1v) is 13.4. The number of nitrogens with zero attached hydrogens (tertiary/aromatic N) is 3. The summed E-state index contributed by atoms with van der Waals surface area (Å²) in [5, 5.41) is 6.19. The van der Waals surface area contributed by atoms with Gasteiger partial charge in [0, 0.05) is 25.2 Å². The van der Waals surface area contributed by atoms with Crippen LogP contribution in [0.5, 0.6) is 11.5 Å². The van der Waals surface area contributed by atoms with E-state index in [2.05, 4.69) is 15.4 Å². The number of esters is 1. The normalized spacial score (nSPS) is 16.0. The molecule has 1 fully saturated rings. The Morgan fingerprint density at radius 3 is 2.55 bits per heavy atom. The van der Waals surface area contributed by atoms with Crippen LogP contribution in [0.1, 0.15) is 23.1 Å². The van der Waals surface area contributed by atoms with E-state index in [9.17, 15) is 14.4 Å². The molecule has 1 saturated heterocycles. The van der Waals surface area contributed by atoms with Crippen molar-refractivity contribution in [2.24, 2.45) is 11.1 Å². The van der Waals surface area contributed by atoms with Crippen molar-refractivity contribution in [3.63, 3.8) is 0 Å². The average Bonchev–Trinajstić information content (AvgIpc) is 3.41. The summed E-state index contributed by atoms with van der Waals surface area (Å²) in [4.78, 5) is 45.2. The molecule has 2 heterocycles. The molecule has 3 N–H and O–H groups in total. The van der Waals surface area contributed by atoms with E-state index in [4.69, 9.17) is 20.1 Å². The number of hydrogen-bond acceptors (Lipinski definition) is 10. The highest BCUT2D eigenvalue weighted by Crippen LogP contribution is 2.35. The molecule has 1 unspecified atom stereocenters. The largest absolute Gasteiger partial charge is 0.461 e. The lowest BCUT2D eigenvalue weighted by Gasteiger charge is -2.35. The van der Waals surface area contributed by atoms with E-state index in [-0.39, 0.29) is 38.0 Å². The Bertz CT molecular complexity index is 1430. The number of anilines is 1. The smallest absolute Gasteiger partial charge is 0.327 e. The Morgan fingerprint density at radius 2 is 1.79 bits per heavy atom. The molecule has 2 amide bonds. The highest BCUT2D eigenvalue weighted by Gasteiger charge is 2.29. The van der Waals surface area contributed by atoms with Crippen molar-refractivity contribution in [3.8, 4) is 11.5 Å². The second kappa shape index (κ2) is 13.5. The maximum Gasteiger partial charge on any atom is 0.327 e. The first-order chi connectivity index (χ1) is 20.5. The van der Waals surface area contributed by atoms with Crippen LogP contribution in [0.3, 0.4) is 0 Å². The van der Waals surface area contributed by atoms with Crippen LogP contribution in [0, 0.1) is 0 Å². The van der Waals surface area contributed by atoms with Gasteiger partial charge < -0.3 is 28.9 Å². The molecule has 42 heavy (non-hydrogen) atoms. The summed E-state index contributed by atoms with van der Waals surface area (Å²) >= 11 is 0. The second-order valence-corrected chi connectivity index (χ2v) is 9.73. The van der Waals surface area contributed by atoms with Crippen molar-refractivity contribution in [3.05, 3.63) is 89.5 Å². The number of piperazine rings is 1. The summed E-state index contributed by atoms with van der Waals surface area (Å²) in [5.74, 6) is 4.98. The zero-order valence-corrected chi connectivity index (χ0v) is 22.8. The van der Waals surface area contributed by atoms with Crippen LogP contribution in [0.25, 0.3) is 0 Å². The van der Waals surface area contributed by atoms with Crippen LogP contribution >= 0.6 is 0 Å². The van der Waals surface area contributed by atoms with Crippen LogP contribution in [0.15, 0.2) is 78.0 Å². The predicted octanol–water partition coefficient (Wildman–Crippen LogP) is 2.11. The zero-order valence-electron chi connectivity index (χ0n) is 22.8. The standard InChI is InChI=1S/C30H31N5O7/c31-42-32-17-22-6-10-24(11-7-22)34-14-15-35(28(37)19-34)18-27(36)33-30-40-25-12-8-21(16-26(25)41-30)9-13-29(38)39-20-23-4-2-1-3-5-23/h1-8,10-12,16-17,30H,9,13-15,18-20,31H2,(H,33,36)/b32-17+. The summed E-state index contributed by atoms with van der Waals surface area (Å²) in [7, 11) is 0. The Morgan fingerprint density at radius 1 is 1.00 bits per heavy atom. The summed E-state index contributed by atoms with van der Waals surface area (Å²) in [5.41, 5.74) is 3.49. The van der Waals surface area contributed by atoms with Gasteiger partial charge in [0.15, 0.2) is 11.5 Å². The fourth-order valence-corrected chi connectivity index (χ4v) is 4.58. The molecular weight excluding hydrogens is 542 g/mol. The third-order valence-electron chi connectivity index (χ3n) is 6.79. The van der Waals surface area contributed by atoms with Gasteiger partial charge in [-0.3, -0.25) is 19.7 Å². The van der Waals surface area contributed by atoms with E-state index in [1.54, 1.807) is 12.1 Å². The molecule has 3 aromatic carbocycles. The van der Waals surface area contributed by atoms with Crippen molar-refractivity contribution < 1.29 is 33.5 Å². The zero-order chi connectivity index (χ0) is 29.3. The van der Waals surface area contributed by atoms with Crippen LogP contribution in [0.2, 0.25) is 0 Å². The fraction of sp³-hybridized carbons (Fsp3) is 0.267. The number of hydrogen-bond donors (Lipinski definition) is 2. The van der Waals surface area contributed by atoms with Crippen LogP contribution in [-0.2, 0) is 37.1 Å². The molecule has 0 aromatic heterocycles. The van der Waals surface area contributed by atoms with Crippen molar-refractivity contribution in [2.75, 3.05) is 31.1 Å². The number of carbonyl (C=O) groups excluding carboxylic acids is 3. The van der Waals surface area contributed by atoms with Crippen molar-refractivity contribution >= 4 is 29.7 Å². The van der Waals surface area contributed by atoms with Gasteiger partial charge in [0.05, 0.1) is 19.3 Å². The van der Waals surface area contributed by atoms with Crippen LogP contribution in [0.4, 0.5) is 5.69 Å². The van der Waals surface area contributed by atoms with E-state index < -0.39 is 12.3 Å². The van der Waals surface area contributed by atoms with E-state index in [0.717, 1.165) is 22.4 Å². The van der Waals surface area contributed by atoms with Gasteiger partial charge >= 0.3 is 12.4 Å². The van der Waals surface area contributed by atoms with E-state index in [1.165, 1.54) is 11.1 Å². The number of carbonyl (C=O) groups is 3. The lowest BCUT2D eigenvalue weighted by molar-refractivity contribution is -0.145. The third-order valence-corrected chi connectivity index (χ3v) is 6.79. The number of fused-ring (bicyclic) bond motifs is 1. The lowest BCUT2D eigenvalue weighted by atomic mass is 10.1. The molecule has 2 aliphatic heterocycles. The molecule has 12 nitrogen and oxygen atoms in total. The second-order valence-electron chi connectivity index (χ2n) is 9.73. The number of aryl methyl sites for hydroxylation is 1. The summed E-state index contributed by atoms with van der Waals surface area (Å²) in [6.45, 7) is 1.23. The molecule has 0 radical (unpaired) electrons. The first kappa shape index (κ1) is 28.4. The molecule has 0 bridgehead atoms. The minimum atomic E-state index is -1.01. The Hall–Kier alpha value is -5.10. The molecule has 218 valence electrons. The van der Waals surface area contributed by atoms with Gasteiger partial charge in [-0.1, -0.05) is 53.7 Å². The molecule has 12 heteroatoms.